The van der Waals surface area contributed by atoms with Gasteiger partial charge in [-0.3, -0.25) is 9.78 Å². The molecule has 5 rings (SSSR count). The van der Waals surface area contributed by atoms with Crippen molar-refractivity contribution < 1.29 is 14.3 Å². The summed E-state index contributed by atoms with van der Waals surface area (Å²) in [6, 6.07) is 8.02. The Morgan fingerprint density at radius 1 is 1.29 bits per heavy atom. The van der Waals surface area contributed by atoms with Crippen molar-refractivity contribution >= 4 is 32.9 Å². The molecule has 2 aromatic heterocycles. The van der Waals surface area contributed by atoms with Crippen LogP contribution in [0.25, 0.3) is 11.0 Å². The van der Waals surface area contributed by atoms with Crippen molar-refractivity contribution in [2.45, 2.75) is 32.3 Å². The predicted molar refractivity (Wildman–Crippen MR) is 108 cm³/mol. The zero-order valence-electron chi connectivity index (χ0n) is 15.7. The lowest BCUT2D eigenvalue weighted by Crippen LogP contribution is -2.30. The van der Waals surface area contributed by atoms with Gasteiger partial charge < -0.3 is 19.4 Å². The molecule has 7 heteroatoms. The molecule has 0 spiro atoms. The molecule has 0 fully saturated rings. The van der Waals surface area contributed by atoms with Crippen LogP contribution in [0.5, 0.6) is 0 Å². The summed E-state index contributed by atoms with van der Waals surface area (Å²) in [4.78, 5) is 17.3. The normalized spacial score (nSPS) is 20.8. The number of halogens is 1. The van der Waals surface area contributed by atoms with Crippen LogP contribution in [0.1, 0.15) is 51.8 Å². The Balaban J connectivity index is 1.80. The first-order chi connectivity index (χ1) is 13.6. The van der Waals surface area contributed by atoms with Crippen molar-refractivity contribution in [1.82, 2.24) is 14.9 Å². The summed E-state index contributed by atoms with van der Waals surface area (Å²) in [7, 11) is 1.65. The molecule has 0 saturated carbocycles. The molecule has 3 aromatic rings. The van der Waals surface area contributed by atoms with E-state index in [4.69, 9.17) is 9.47 Å². The summed E-state index contributed by atoms with van der Waals surface area (Å²) in [6.45, 7) is 3.64. The number of hydrogen-bond acceptors (Lipinski definition) is 4. The van der Waals surface area contributed by atoms with Crippen molar-refractivity contribution in [1.29, 1.82) is 0 Å². The number of carbonyl (C=O) groups excluding carboxylic acids is 1. The van der Waals surface area contributed by atoms with Crippen molar-refractivity contribution in [3.63, 3.8) is 0 Å². The Bertz CT molecular complexity index is 1110. The molecule has 6 nitrogen and oxygen atoms in total. The molecule has 1 amide bonds. The maximum atomic E-state index is 12.7. The summed E-state index contributed by atoms with van der Waals surface area (Å²) in [5.41, 5.74) is 6.84. The zero-order valence-corrected chi connectivity index (χ0v) is 17.2. The number of aromatic nitrogens is 2. The molecule has 0 saturated heterocycles. The number of nitrogens with zero attached hydrogens (tertiary/aromatic N) is 2. The first-order valence-electron chi connectivity index (χ1n) is 9.31. The molecule has 0 unspecified atom stereocenters. The van der Waals surface area contributed by atoms with E-state index in [-0.39, 0.29) is 18.1 Å². The van der Waals surface area contributed by atoms with Crippen LogP contribution in [0.15, 0.2) is 34.9 Å². The second-order valence-electron chi connectivity index (χ2n) is 7.23. The molecule has 4 heterocycles. The maximum absolute atomic E-state index is 12.7. The number of nitrogens with one attached hydrogen (secondary N) is 1. The van der Waals surface area contributed by atoms with Crippen molar-refractivity contribution in [3.8, 4) is 0 Å². The first-order valence-corrected chi connectivity index (χ1v) is 10.1. The minimum atomic E-state index is -0.136. The fraction of sp³-hybridized carbons (Fsp3) is 0.333. The summed E-state index contributed by atoms with van der Waals surface area (Å²) < 4.78 is 14.9. The van der Waals surface area contributed by atoms with Crippen LogP contribution >= 0.6 is 15.9 Å². The SMILES string of the molecule is CNC(=O)c1cc2ncc3c(c2n1[C@H]1CO[C@H](C)c2cc(Br)ccc21)COC3. The van der Waals surface area contributed by atoms with E-state index in [1.165, 1.54) is 5.56 Å². The van der Waals surface area contributed by atoms with E-state index in [9.17, 15) is 4.79 Å². The van der Waals surface area contributed by atoms with Crippen LogP contribution < -0.4 is 5.32 Å². The highest BCUT2D eigenvalue weighted by molar-refractivity contribution is 9.10. The van der Waals surface area contributed by atoms with E-state index >= 15 is 0 Å². The van der Waals surface area contributed by atoms with Gasteiger partial charge in [-0.25, -0.2) is 0 Å². The molecular formula is C21H20BrN3O3. The van der Waals surface area contributed by atoms with Crippen LogP contribution in [-0.4, -0.2) is 29.1 Å². The summed E-state index contributed by atoms with van der Waals surface area (Å²) in [5, 5.41) is 2.76. The van der Waals surface area contributed by atoms with Gasteiger partial charge in [-0.05, 0) is 36.2 Å². The third-order valence-corrected chi connectivity index (χ3v) is 6.17. The van der Waals surface area contributed by atoms with Crippen molar-refractivity contribution in [2.75, 3.05) is 13.7 Å². The largest absolute Gasteiger partial charge is 0.372 e. The molecule has 144 valence electrons. The summed E-state index contributed by atoms with van der Waals surface area (Å²) in [6.07, 6.45) is 1.86. The molecular weight excluding hydrogens is 422 g/mol. The highest BCUT2D eigenvalue weighted by Crippen LogP contribution is 2.40. The van der Waals surface area contributed by atoms with Crippen LogP contribution in [0, 0.1) is 0 Å². The van der Waals surface area contributed by atoms with Crippen molar-refractivity contribution in [3.05, 3.63) is 62.9 Å². The third kappa shape index (κ3) is 2.61. The lowest BCUT2D eigenvalue weighted by Gasteiger charge is -2.33. The number of fused-ring (bicyclic) bond motifs is 4. The molecule has 28 heavy (non-hydrogen) atoms. The second kappa shape index (κ2) is 6.69. The zero-order chi connectivity index (χ0) is 19.4. The van der Waals surface area contributed by atoms with Crippen LogP contribution in [-0.2, 0) is 22.7 Å². The fourth-order valence-corrected chi connectivity index (χ4v) is 4.67. The molecule has 0 radical (unpaired) electrons. The van der Waals surface area contributed by atoms with E-state index in [0.29, 0.717) is 25.5 Å². The lowest BCUT2D eigenvalue weighted by atomic mass is 9.94. The topological polar surface area (TPSA) is 65.4 Å². The van der Waals surface area contributed by atoms with Crippen molar-refractivity contribution in [2.24, 2.45) is 0 Å². The maximum Gasteiger partial charge on any atom is 0.267 e. The summed E-state index contributed by atoms with van der Waals surface area (Å²) in [5.74, 6) is -0.136. The monoisotopic (exact) mass is 441 g/mol. The Kier molecular flexibility index (Phi) is 4.26. The number of amides is 1. The Labute approximate surface area is 171 Å². The van der Waals surface area contributed by atoms with Gasteiger partial charge in [-0.15, -0.1) is 0 Å². The van der Waals surface area contributed by atoms with E-state index in [0.717, 1.165) is 32.2 Å². The van der Waals surface area contributed by atoms with Gasteiger partial charge in [0.05, 0.1) is 43.0 Å². The van der Waals surface area contributed by atoms with E-state index < -0.39 is 0 Å². The number of rotatable bonds is 2. The average molecular weight is 442 g/mol. The van der Waals surface area contributed by atoms with E-state index in [2.05, 4.69) is 49.9 Å². The number of hydrogen-bond donors (Lipinski definition) is 1. The van der Waals surface area contributed by atoms with E-state index in [1.807, 2.05) is 18.3 Å². The number of ether oxygens (including phenoxy) is 2. The second-order valence-corrected chi connectivity index (χ2v) is 8.15. The molecule has 0 bridgehead atoms. The quantitative estimate of drug-likeness (QED) is 0.655. The Hall–Kier alpha value is -2.22. The standard InChI is InChI=1S/C21H20BrN3O3/c1-11-15-5-13(22)3-4-14(15)19(10-28-11)25-18(21(26)23-2)6-17-20(25)16-9-27-8-12(16)7-24-17/h3-7,11,19H,8-10H2,1-2H3,(H,23,26)/t11-,19+/m1/s1. The molecule has 0 aliphatic carbocycles. The van der Waals surface area contributed by atoms with Crippen LogP contribution in [0.3, 0.4) is 0 Å². The fourth-order valence-electron chi connectivity index (χ4n) is 4.29. The number of carbonyl (C=O) groups is 1. The number of benzene rings is 1. The minimum absolute atomic E-state index is 0.00111. The molecule has 2 aliphatic heterocycles. The minimum Gasteiger partial charge on any atom is -0.372 e. The van der Waals surface area contributed by atoms with E-state index in [1.54, 1.807) is 7.05 Å². The van der Waals surface area contributed by atoms with Gasteiger partial charge in [-0.1, -0.05) is 22.0 Å². The predicted octanol–water partition coefficient (Wildman–Crippen LogP) is 3.87. The molecule has 1 aromatic carbocycles. The van der Waals surface area contributed by atoms with Gasteiger partial charge in [0.15, 0.2) is 0 Å². The average Bonchev–Trinajstić information content (AvgIpc) is 3.32. The smallest absolute Gasteiger partial charge is 0.267 e. The van der Waals surface area contributed by atoms with Gasteiger partial charge in [0.25, 0.3) is 5.91 Å². The van der Waals surface area contributed by atoms with Crippen LogP contribution in [0.4, 0.5) is 0 Å². The molecule has 2 atom stereocenters. The van der Waals surface area contributed by atoms with Gasteiger partial charge in [0.2, 0.25) is 0 Å². The Morgan fingerprint density at radius 2 is 2.14 bits per heavy atom. The van der Waals surface area contributed by atoms with Gasteiger partial charge >= 0.3 is 0 Å². The summed E-state index contributed by atoms with van der Waals surface area (Å²) >= 11 is 3.56. The van der Waals surface area contributed by atoms with Gasteiger partial charge in [-0.2, -0.15) is 0 Å². The Morgan fingerprint density at radius 3 is 2.96 bits per heavy atom. The molecule has 2 aliphatic rings. The number of pyridine rings is 1. The lowest BCUT2D eigenvalue weighted by molar-refractivity contribution is 0.0343. The van der Waals surface area contributed by atoms with Gasteiger partial charge in [0.1, 0.15) is 5.69 Å². The molecule has 1 N–H and O–H groups in total. The first kappa shape index (κ1) is 17.8. The highest BCUT2D eigenvalue weighted by atomic mass is 79.9. The van der Waals surface area contributed by atoms with Crippen LogP contribution in [0.2, 0.25) is 0 Å². The highest BCUT2D eigenvalue weighted by Gasteiger charge is 2.32. The third-order valence-electron chi connectivity index (χ3n) is 5.67. The van der Waals surface area contributed by atoms with Gasteiger partial charge in [0, 0.05) is 28.8 Å².